The number of carboxylic acids is 1. The fraction of sp³-hybridized carbons (Fsp3) is 0.250. The number of carboxylic acid groups (broad SMARTS) is 1. The summed E-state index contributed by atoms with van der Waals surface area (Å²) in [4.78, 5) is 18.8. The molecule has 0 amide bonds. The molecule has 1 atom stereocenters. The standard InChI is InChI=1S/C12H13N3O2S/c1-8(9-3-2-4-13-5-9)14-6-10-7-18-11(15-10)12(16)17/h2-5,7-8,14H,6H2,1H3,(H,16,17)/t8-/m1/s1. The molecule has 18 heavy (non-hydrogen) atoms. The van der Waals surface area contributed by atoms with E-state index in [2.05, 4.69) is 15.3 Å². The van der Waals surface area contributed by atoms with Gasteiger partial charge in [0.25, 0.3) is 0 Å². The van der Waals surface area contributed by atoms with E-state index in [9.17, 15) is 4.79 Å². The molecule has 5 nitrogen and oxygen atoms in total. The number of rotatable bonds is 5. The number of nitrogens with zero attached hydrogens (tertiary/aromatic N) is 2. The van der Waals surface area contributed by atoms with Gasteiger partial charge in [-0.05, 0) is 18.6 Å². The van der Waals surface area contributed by atoms with E-state index in [0.717, 1.165) is 22.6 Å². The second-order valence-electron chi connectivity index (χ2n) is 3.84. The van der Waals surface area contributed by atoms with Crippen LogP contribution in [-0.2, 0) is 6.54 Å². The Morgan fingerprint density at radius 1 is 1.61 bits per heavy atom. The Morgan fingerprint density at radius 2 is 2.44 bits per heavy atom. The molecular weight excluding hydrogens is 250 g/mol. The number of pyridine rings is 1. The van der Waals surface area contributed by atoms with Gasteiger partial charge in [0.15, 0.2) is 0 Å². The molecule has 0 saturated carbocycles. The van der Waals surface area contributed by atoms with E-state index >= 15 is 0 Å². The first-order chi connectivity index (χ1) is 8.66. The molecule has 0 aromatic carbocycles. The molecule has 0 radical (unpaired) electrons. The Kier molecular flexibility index (Phi) is 4.01. The van der Waals surface area contributed by atoms with E-state index in [-0.39, 0.29) is 11.0 Å². The van der Waals surface area contributed by atoms with Crippen molar-refractivity contribution in [3.8, 4) is 0 Å². The van der Waals surface area contributed by atoms with Gasteiger partial charge >= 0.3 is 5.97 Å². The molecule has 0 unspecified atom stereocenters. The lowest BCUT2D eigenvalue weighted by molar-refractivity contribution is 0.0696. The molecule has 6 heteroatoms. The third-order valence-corrected chi connectivity index (χ3v) is 3.39. The monoisotopic (exact) mass is 263 g/mol. The lowest BCUT2D eigenvalue weighted by Gasteiger charge is -2.12. The molecule has 0 fully saturated rings. The molecule has 2 N–H and O–H groups in total. The Hall–Kier alpha value is -1.79. The van der Waals surface area contributed by atoms with Crippen molar-refractivity contribution in [3.05, 3.63) is 46.2 Å². The second kappa shape index (κ2) is 5.70. The first kappa shape index (κ1) is 12.7. The van der Waals surface area contributed by atoms with Crippen molar-refractivity contribution in [1.82, 2.24) is 15.3 Å². The fourth-order valence-corrected chi connectivity index (χ4v) is 2.15. The van der Waals surface area contributed by atoms with E-state index in [1.807, 2.05) is 19.1 Å². The number of thiazole rings is 1. The van der Waals surface area contributed by atoms with Gasteiger partial charge in [0, 0.05) is 30.4 Å². The van der Waals surface area contributed by atoms with Crippen LogP contribution >= 0.6 is 11.3 Å². The van der Waals surface area contributed by atoms with Crippen LogP contribution in [0.15, 0.2) is 29.9 Å². The van der Waals surface area contributed by atoms with Crippen molar-refractivity contribution in [3.63, 3.8) is 0 Å². The maximum Gasteiger partial charge on any atom is 0.365 e. The zero-order valence-corrected chi connectivity index (χ0v) is 10.6. The highest BCUT2D eigenvalue weighted by atomic mass is 32.1. The predicted molar refractivity (Wildman–Crippen MR) is 68.6 cm³/mol. The largest absolute Gasteiger partial charge is 0.476 e. The summed E-state index contributed by atoms with van der Waals surface area (Å²) in [5.41, 5.74) is 1.83. The van der Waals surface area contributed by atoms with Crippen molar-refractivity contribution >= 4 is 17.3 Å². The zero-order valence-electron chi connectivity index (χ0n) is 9.83. The highest BCUT2D eigenvalue weighted by Crippen LogP contribution is 2.13. The molecule has 2 rings (SSSR count). The average molecular weight is 263 g/mol. The maximum absolute atomic E-state index is 10.7. The zero-order chi connectivity index (χ0) is 13.0. The van der Waals surface area contributed by atoms with Crippen LogP contribution in [0.3, 0.4) is 0 Å². The van der Waals surface area contributed by atoms with E-state index in [4.69, 9.17) is 5.11 Å². The first-order valence-electron chi connectivity index (χ1n) is 5.48. The van der Waals surface area contributed by atoms with Gasteiger partial charge < -0.3 is 10.4 Å². The number of carbonyl (C=O) groups is 1. The van der Waals surface area contributed by atoms with Crippen molar-refractivity contribution in [2.75, 3.05) is 0 Å². The van der Waals surface area contributed by atoms with Gasteiger partial charge in [0.1, 0.15) is 0 Å². The summed E-state index contributed by atoms with van der Waals surface area (Å²) in [6.45, 7) is 2.57. The number of hydrogen-bond acceptors (Lipinski definition) is 5. The van der Waals surface area contributed by atoms with Crippen LogP contribution in [-0.4, -0.2) is 21.0 Å². The van der Waals surface area contributed by atoms with Crippen molar-refractivity contribution in [2.24, 2.45) is 0 Å². The van der Waals surface area contributed by atoms with Crippen LogP contribution in [0.1, 0.15) is 34.0 Å². The van der Waals surface area contributed by atoms with Crippen LogP contribution < -0.4 is 5.32 Å². The third-order valence-electron chi connectivity index (χ3n) is 2.51. The van der Waals surface area contributed by atoms with Gasteiger partial charge in [-0.3, -0.25) is 4.98 Å². The SMILES string of the molecule is C[C@@H](NCc1csc(C(=O)O)n1)c1cccnc1. The minimum Gasteiger partial charge on any atom is -0.476 e. The molecule has 94 valence electrons. The van der Waals surface area contributed by atoms with Gasteiger partial charge in [-0.15, -0.1) is 11.3 Å². The van der Waals surface area contributed by atoms with Crippen LogP contribution in [0.5, 0.6) is 0 Å². The molecule has 0 spiro atoms. The molecule has 2 heterocycles. The van der Waals surface area contributed by atoms with Gasteiger partial charge in [0.2, 0.25) is 5.01 Å². The normalized spacial score (nSPS) is 12.3. The minimum absolute atomic E-state index is 0.126. The lowest BCUT2D eigenvalue weighted by atomic mass is 10.1. The number of aromatic nitrogens is 2. The Bertz CT molecular complexity index is 527. The molecule has 0 aliphatic rings. The summed E-state index contributed by atoms with van der Waals surface area (Å²) >= 11 is 1.14. The second-order valence-corrected chi connectivity index (χ2v) is 4.70. The lowest BCUT2D eigenvalue weighted by Crippen LogP contribution is -2.18. The van der Waals surface area contributed by atoms with Gasteiger partial charge in [0.05, 0.1) is 5.69 Å². The quantitative estimate of drug-likeness (QED) is 0.864. The Morgan fingerprint density at radius 3 is 3.06 bits per heavy atom. The minimum atomic E-state index is -0.980. The number of nitrogens with one attached hydrogen (secondary N) is 1. The summed E-state index contributed by atoms with van der Waals surface area (Å²) < 4.78 is 0. The van der Waals surface area contributed by atoms with Crippen molar-refractivity contribution in [1.29, 1.82) is 0 Å². The van der Waals surface area contributed by atoms with E-state index in [1.165, 1.54) is 0 Å². The van der Waals surface area contributed by atoms with Gasteiger partial charge in [-0.2, -0.15) is 0 Å². The smallest absolute Gasteiger partial charge is 0.365 e. The predicted octanol–water partition coefficient (Wildman–Crippen LogP) is 2.09. The average Bonchev–Trinajstić information content (AvgIpc) is 2.86. The van der Waals surface area contributed by atoms with Gasteiger partial charge in [-0.25, -0.2) is 9.78 Å². The van der Waals surface area contributed by atoms with Crippen LogP contribution in [0.2, 0.25) is 0 Å². The van der Waals surface area contributed by atoms with Crippen LogP contribution in [0, 0.1) is 0 Å². The summed E-state index contributed by atoms with van der Waals surface area (Å²) in [6.07, 6.45) is 3.54. The van der Waals surface area contributed by atoms with Gasteiger partial charge in [-0.1, -0.05) is 6.07 Å². The number of hydrogen-bond donors (Lipinski definition) is 2. The summed E-state index contributed by atoms with van der Waals surface area (Å²) in [5, 5.41) is 13.9. The summed E-state index contributed by atoms with van der Waals surface area (Å²) in [6, 6.07) is 4.03. The molecular formula is C12H13N3O2S. The van der Waals surface area contributed by atoms with E-state index in [1.54, 1.807) is 17.8 Å². The molecule has 0 aliphatic heterocycles. The highest BCUT2D eigenvalue weighted by molar-refractivity contribution is 7.11. The van der Waals surface area contributed by atoms with Crippen molar-refractivity contribution < 1.29 is 9.90 Å². The van der Waals surface area contributed by atoms with Crippen LogP contribution in [0.4, 0.5) is 0 Å². The van der Waals surface area contributed by atoms with E-state index in [0.29, 0.717) is 6.54 Å². The molecule has 0 aliphatic carbocycles. The molecule has 2 aromatic heterocycles. The number of aromatic carboxylic acids is 1. The highest BCUT2D eigenvalue weighted by Gasteiger charge is 2.10. The fourth-order valence-electron chi connectivity index (χ4n) is 1.49. The first-order valence-corrected chi connectivity index (χ1v) is 6.36. The summed E-state index contributed by atoms with van der Waals surface area (Å²) in [5.74, 6) is -0.980. The van der Waals surface area contributed by atoms with Crippen molar-refractivity contribution in [2.45, 2.75) is 19.5 Å². The Labute approximate surface area is 109 Å². The topological polar surface area (TPSA) is 75.1 Å². The maximum atomic E-state index is 10.7. The molecule has 0 saturated heterocycles. The Balaban J connectivity index is 1.93. The summed E-state index contributed by atoms with van der Waals surface area (Å²) in [7, 11) is 0. The third kappa shape index (κ3) is 3.12. The molecule has 2 aromatic rings. The van der Waals surface area contributed by atoms with Crippen LogP contribution in [0.25, 0.3) is 0 Å². The van der Waals surface area contributed by atoms with E-state index < -0.39 is 5.97 Å². The molecule has 0 bridgehead atoms.